The summed E-state index contributed by atoms with van der Waals surface area (Å²) in [5.41, 5.74) is 1.39. The van der Waals surface area contributed by atoms with Crippen LogP contribution in [-0.4, -0.2) is 23.2 Å². The number of rotatable bonds is 6. The number of carbonyl (C=O) groups is 1. The molecule has 1 aromatic heterocycles. The molecule has 0 spiro atoms. The molecule has 106 valence electrons. The maximum absolute atomic E-state index is 11.0. The van der Waals surface area contributed by atoms with Crippen LogP contribution < -0.4 is 0 Å². The summed E-state index contributed by atoms with van der Waals surface area (Å²) in [7, 11) is 1.39. The van der Waals surface area contributed by atoms with Crippen molar-refractivity contribution < 1.29 is 19.1 Å². The number of esters is 1. The van der Waals surface area contributed by atoms with Crippen LogP contribution in [-0.2, 0) is 16.0 Å². The molecule has 0 aliphatic carbocycles. The van der Waals surface area contributed by atoms with Gasteiger partial charge in [0.15, 0.2) is 0 Å². The minimum Gasteiger partial charge on any atom is -0.507 e. The lowest BCUT2D eigenvalue weighted by atomic mass is 10.1. The Morgan fingerprint density at radius 3 is 2.90 bits per heavy atom. The Morgan fingerprint density at radius 2 is 2.15 bits per heavy atom. The van der Waals surface area contributed by atoms with Crippen molar-refractivity contribution in [2.45, 2.75) is 25.7 Å². The van der Waals surface area contributed by atoms with E-state index in [1.165, 1.54) is 7.11 Å². The number of hydrogen-bond acceptors (Lipinski definition) is 5. The summed E-state index contributed by atoms with van der Waals surface area (Å²) in [4.78, 5) is 15.3. The highest BCUT2D eigenvalue weighted by atomic mass is 16.5. The largest absolute Gasteiger partial charge is 0.507 e. The predicted octanol–water partition coefficient (Wildman–Crippen LogP) is 2.93. The van der Waals surface area contributed by atoms with Crippen molar-refractivity contribution in [1.82, 2.24) is 4.98 Å². The van der Waals surface area contributed by atoms with Gasteiger partial charge in [-0.1, -0.05) is 12.1 Å². The molecule has 0 fully saturated rings. The smallest absolute Gasteiger partial charge is 0.305 e. The Balaban J connectivity index is 1.90. The molecule has 0 bridgehead atoms. The molecule has 2 rings (SSSR count). The Morgan fingerprint density at radius 1 is 1.35 bits per heavy atom. The molecule has 0 aliphatic heterocycles. The van der Waals surface area contributed by atoms with Gasteiger partial charge in [0.05, 0.1) is 18.4 Å². The van der Waals surface area contributed by atoms with Crippen molar-refractivity contribution in [2.24, 2.45) is 0 Å². The van der Waals surface area contributed by atoms with E-state index in [2.05, 4.69) is 9.72 Å². The molecule has 1 N–H and O–H groups in total. The first-order valence-electron chi connectivity index (χ1n) is 6.50. The number of aromatic nitrogens is 1. The number of unbranched alkanes of at least 4 members (excludes halogenated alkanes) is 1. The van der Waals surface area contributed by atoms with Gasteiger partial charge in [-0.25, -0.2) is 4.98 Å². The van der Waals surface area contributed by atoms with Gasteiger partial charge in [0.1, 0.15) is 12.0 Å². The molecule has 0 saturated carbocycles. The molecule has 0 saturated heterocycles. The second-order valence-corrected chi connectivity index (χ2v) is 4.44. The van der Waals surface area contributed by atoms with E-state index in [4.69, 9.17) is 4.42 Å². The Labute approximate surface area is 117 Å². The summed E-state index contributed by atoms with van der Waals surface area (Å²) in [6.45, 7) is 0. The highest BCUT2D eigenvalue weighted by Crippen LogP contribution is 2.27. The number of benzene rings is 1. The zero-order valence-electron chi connectivity index (χ0n) is 11.3. The third kappa shape index (κ3) is 3.60. The SMILES string of the molecule is COC(=O)CCCCc1coc(-c2ccccc2O)n1. The summed E-state index contributed by atoms with van der Waals surface area (Å²) in [6.07, 6.45) is 4.32. The number of nitrogens with zero attached hydrogens (tertiary/aromatic N) is 1. The number of aromatic hydroxyl groups is 1. The summed E-state index contributed by atoms with van der Waals surface area (Å²) < 4.78 is 9.94. The van der Waals surface area contributed by atoms with Crippen molar-refractivity contribution in [3.63, 3.8) is 0 Å². The first kappa shape index (κ1) is 14.1. The molecule has 0 unspecified atom stereocenters. The second kappa shape index (κ2) is 6.75. The molecule has 0 radical (unpaired) electrons. The molecule has 2 aromatic rings. The monoisotopic (exact) mass is 275 g/mol. The highest BCUT2D eigenvalue weighted by molar-refractivity contribution is 5.69. The minimum atomic E-state index is -0.194. The topological polar surface area (TPSA) is 72.6 Å². The van der Waals surface area contributed by atoms with Gasteiger partial charge in [-0.2, -0.15) is 0 Å². The second-order valence-electron chi connectivity index (χ2n) is 4.44. The van der Waals surface area contributed by atoms with E-state index >= 15 is 0 Å². The van der Waals surface area contributed by atoms with Gasteiger partial charge in [0.25, 0.3) is 0 Å². The van der Waals surface area contributed by atoms with E-state index in [1.807, 2.05) is 6.07 Å². The summed E-state index contributed by atoms with van der Waals surface area (Å²) >= 11 is 0. The van der Waals surface area contributed by atoms with Crippen molar-refractivity contribution in [1.29, 1.82) is 0 Å². The normalized spacial score (nSPS) is 10.4. The molecule has 1 heterocycles. The summed E-state index contributed by atoms with van der Waals surface area (Å²) in [6, 6.07) is 6.91. The third-order valence-corrected chi connectivity index (χ3v) is 2.98. The van der Waals surface area contributed by atoms with Crippen LogP contribution in [0.2, 0.25) is 0 Å². The van der Waals surface area contributed by atoms with Crippen molar-refractivity contribution in [2.75, 3.05) is 7.11 Å². The highest BCUT2D eigenvalue weighted by Gasteiger charge is 2.10. The number of oxazole rings is 1. The van der Waals surface area contributed by atoms with Crippen molar-refractivity contribution in [3.8, 4) is 17.2 Å². The molecule has 0 aliphatic rings. The number of phenols is 1. The van der Waals surface area contributed by atoms with E-state index in [1.54, 1.807) is 24.5 Å². The van der Waals surface area contributed by atoms with Gasteiger partial charge < -0.3 is 14.3 Å². The fourth-order valence-corrected chi connectivity index (χ4v) is 1.88. The van der Waals surface area contributed by atoms with E-state index in [0.717, 1.165) is 25.0 Å². The van der Waals surface area contributed by atoms with Gasteiger partial charge in [-0.3, -0.25) is 4.79 Å². The van der Waals surface area contributed by atoms with Crippen molar-refractivity contribution >= 4 is 5.97 Å². The average Bonchev–Trinajstić information content (AvgIpc) is 2.92. The Kier molecular flexibility index (Phi) is 4.76. The fourth-order valence-electron chi connectivity index (χ4n) is 1.88. The van der Waals surface area contributed by atoms with Crippen LogP contribution >= 0.6 is 0 Å². The number of hydrogen-bond donors (Lipinski definition) is 1. The van der Waals surface area contributed by atoms with E-state index in [-0.39, 0.29) is 11.7 Å². The van der Waals surface area contributed by atoms with Gasteiger partial charge >= 0.3 is 5.97 Å². The standard InChI is InChI=1S/C15H17NO4/c1-19-14(18)9-5-2-6-11-10-20-15(16-11)12-7-3-4-8-13(12)17/h3-4,7-8,10,17H,2,5-6,9H2,1H3. The van der Waals surface area contributed by atoms with Crippen LogP contribution in [0.15, 0.2) is 34.9 Å². The molecule has 20 heavy (non-hydrogen) atoms. The van der Waals surface area contributed by atoms with E-state index in [9.17, 15) is 9.90 Å². The van der Waals surface area contributed by atoms with Crippen LogP contribution in [0.5, 0.6) is 5.75 Å². The van der Waals surface area contributed by atoms with Crippen LogP contribution in [0.1, 0.15) is 25.0 Å². The molecule has 5 heteroatoms. The fraction of sp³-hybridized carbons (Fsp3) is 0.333. The molecule has 0 atom stereocenters. The lowest BCUT2D eigenvalue weighted by Crippen LogP contribution is -1.99. The number of carbonyl (C=O) groups excluding carboxylic acids is 1. The number of aryl methyl sites for hydroxylation is 1. The van der Waals surface area contributed by atoms with Crippen molar-refractivity contribution in [3.05, 3.63) is 36.2 Å². The van der Waals surface area contributed by atoms with Gasteiger partial charge in [-0.15, -0.1) is 0 Å². The first-order valence-corrected chi connectivity index (χ1v) is 6.50. The number of para-hydroxylation sites is 1. The van der Waals surface area contributed by atoms with Crippen LogP contribution in [0.4, 0.5) is 0 Å². The number of ether oxygens (including phenoxy) is 1. The van der Waals surface area contributed by atoms with Crippen LogP contribution in [0.25, 0.3) is 11.5 Å². The van der Waals surface area contributed by atoms with Crippen LogP contribution in [0.3, 0.4) is 0 Å². The van der Waals surface area contributed by atoms with Gasteiger partial charge in [0, 0.05) is 6.42 Å². The Hall–Kier alpha value is -2.30. The van der Waals surface area contributed by atoms with E-state index in [0.29, 0.717) is 17.9 Å². The third-order valence-electron chi connectivity index (χ3n) is 2.98. The van der Waals surface area contributed by atoms with Gasteiger partial charge in [-0.05, 0) is 31.4 Å². The number of methoxy groups -OCH3 is 1. The van der Waals surface area contributed by atoms with E-state index < -0.39 is 0 Å². The van der Waals surface area contributed by atoms with Gasteiger partial charge in [0.2, 0.25) is 5.89 Å². The lowest BCUT2D eigenvalue weighted by molar-refractivity contribution is -0.140. The molecular formula is C15H17NO4. The number of phenolic OH excluding ortho intramolecular Hbond substituents is 1. The summed E-state index contributed by atoms with van der Waals surface area (Å²) in [5, 5.41) is 9.72. The lowest BCUT2D eigenvalue weighted by Gasteiger charge is -1.98. The maximum atomic E-state index is 11.0. The zero-order valence-corrected chi connectivity index (χ0v) is 11.3. The van der Waals surface area contributed by atoms with Crippen LogP contribution in [0, 0.1) is 0 Å². The minimum absolute atomic E-state index is 0.145. The first-order chi connectivity index (χ1) is 9.70. The Bertz CT molecular complexity index is 577. The average molecular weight is 275 g/mol. The molecule has 0 amide bonds. The maximum Gasteiger partial charge on any atom is 0.305 e. The molecule has 5 nitrogen and oxygen atoms in total. The molecule has 1 aromatic carbocycles. The summed E-state index contributed by atoms with van der Waals surface area (Å²) in [5.74, 6) is 0.359. The molecular weight excluding hydrogens is 258 g/mol. The quantitative estimate of drug-likeness (QED) is 0.648. The zero-order chi connectivity index (χ0) is 14.4. The predicted molar refractivity (Wildman–Crippen MR) is 73.2 cm³/mol.